The first kappa shape index (κ1) is 26.9. The lowest BCUT2D eigenvalue weighted by atomic mass is 9.72. The lowest BCUT2D eigenvalue weighted by Crippen LogP contribution is -2.30. The van der Waals surface area contributed by atoms with Gasteiger partial charge in [0.15, 0.2) is 11.6 Å². The molecule has 3 nitrogen and oxygen atoms in total. The lowest BCUT2D eigenvalue weighted by molar-refractivity contribution is 0.0990. The molecule has 0 bridgehead atoms. The molecule has 0 saturated carbocycles. The van der Waals surface area contributed by atoms with Crippen LogP contribution in [0.15, 0.2) is 109 Å². The number of carbonyl (C=O) groups is 2. The number of carbonyl (C=O) groups excluding carboxylic acids is 2. The van der Waals surface area contributed by atoms with Crippen molar-refractivity contribution in [2.75, 3.05) is 4.90 Å². The van der Waals surface area contributed by atoms with E-state index in [1.165, 1.54) is 27.8 Å². The fraction of sp³-hybridized carbons (Fsp3) is 0.128. The highest BCUT2D eigenvalue weighted by molar-refractivity contribution is 6.43. The summed E-state index contributed by atoms with van der Waals surface area (Å²) < 4.78 is 0. The van der Waals surface area contributed by atoms with Crippen molar-refractivity contribution < 1.29 is 9.59 Å². The molecule has 5 aromatic carbocycles. The molecule has 208 valence electrons. The monoisotopic (exact) mass is 557 g/mol. The van der Waals surface area contributed by atoms with E-state index in [9.17, 15) is 9.59 Å². The summed E-state index contributed by atoms with van der Waals surface area (Å²) in [4.78, 5) is 28.9. The average Bonchev–Trinajstić information content (AvgIpc) is 3.22. The molecule has 1 aliphatic heterocycles. The van der Waals surface area contributed by atoms with Gasteiger partial charge in [-0.15, -0.1) is 0 Å². The van der Waals surface area contributed by atoms with Gasteiger partial charge in [0.25, 0.3) is 0 Å². The maximum Gasteiger partial charge on any atom is 0.197 e. The van der Waals surface area contributed by atoms with E-state index in [4.69, 9.17) is 0 Å². The van der Waals surface area contributed by atoms with Crippen LogP contribution in [0.3, 0.4) is 0 Å². The van der Waals surface area contributed by atoms with Gasteiger partial charge in [-0.2, -0.15) is 0 Å². The number of anilines is 3. The third-order valence-electron chi connectivity index (χ3n) is 9.09. The minimum absolute atomic E-state index is 0.199. The highest BCUT2D eigenvalue weighted by Gasteiger charge is 2.38. The first-order valence-corrected chi connectivity index (χ1v) is 14.8. The van der Waals surface area contributed by atoms with E-state index >= 15 is 0 Å². The average molecular weight is 558 g/mol. The van der Waals surface area contributed by atoms with Gasteiger partial charge in [0.1, 0.15) is 7.85 Å². The second-order valence-electron chi connectivity index (χ2n) is 12.3. The van der Waals surface area contributed by atoms with E-state index in [1.54, 1.807) is 12.1 Å². The number of hydrogen-bond acceptors (Lipinski definition) is 3. The lowest BCUT2D eigenvalue weighted by Gasteiger charge is -2.42. The highest BCUT2D eigenvalue weighted by Crippen LogP contribution is 2.53. The Labute approximate surface area is 253 Å². The van der Waals surface area contributed by atoms with Gasteiger partial charge in [0.2, 0.25) is 0 Å². The van der Waals surface area contributed by atoms with Crippen molar-refractivity contribution in [1.29, 1.82) is 0 Å². The molecule has 1 heterocycles. The first-order chi connectivity index (χ1) is 20.6. The van der Waals surface area contributed by atoms with Crippen LogP contribution in [-0.2, 0) is 5.41 Å². The van der Waals surface area contributed by atoms with Crippen molar-refractivity contribution in [3.63, 3.8) is 0 Å². The van der Waals surface area contributed by atoms with Crippen LogP contribution in [0.4, 0.5) is 17.1 Å². The molecule has 43 heavy (non-hydrogen) atoms. The van der Waals surface area contributed by atoms with Crippen LogP contribution in [0.25, 0.3) is 17.2 Å². The van der Waals surface area contributed by atoms with Crippen LogP contribution in [-0.4, -0.2) is 19.4 Å². The summed E-state index contributed by atoms with van der Waals surface area (Å²) in [7, 11) is 1.94. The van der Waals surface area contributed by atoms with Gasteiger partial charge in [0, 0.05) is 22.2 Å². The molecule has 0 N–H and O–H groups in total. The number of ketones is 2. The maximum atomic E-state index is 13.3. The number of nitrogens with zero attached hydrogens (tertiary/aromatic N) is 1. The van der Waals surface area contributed by atoms with Crippen LogP contribution >= 0.6 is 0 Å². The molecule has 0 aromatic heterocycles. The summed E-state index contributed by atoms with van der Waals surface area (Å²) in [6.07, 6.45) is 1.77. The Morgan fingerprint density at radius 2 is 1.33 bits per heavy atom. The van der Waals surface area contributed by atoms with Crippen molar-refractivity contribution in [3.8, 4) is 11.1 Å². The van der Waals surface area contributed by atoms with Crippen molar-refractivity contribution in [3.05, 3.63) is 148 Å². The van der Waals surface area contributed by atoms with Crippen molar-refractivity contribution in [2.45, 2.75) is 33.1 Å². The Morgan fingerprint density at radius 3 is 2.05 bits per heavy atom. The second kappa shape index (κ2) is 9.81. The third-order valence-corrected chi connectivity index (χ3v) is 9.09. The van der Waals surface area contributed by atoms with Crippen LogP contribution < -0.4 is 10.4 Å². The predicted octanol–water partition coefficient (Wildman–Crippen LogP) is 7.80. The van der Waals surface area contributed by atoms with Crippen molar-refractivity contribution in [2.24, 2.45) is 0 Å². The van der Waals surface area contributed by atoms with E-state index in [0.29, 0.717) is 11.1 Å². The Morgan fingerprint density at radius 1 is 0.674 bits per heavy atom. The molecule has 4 heteroatoms. The SMILES string of the molecule is Bc1ccc2c(c1)C(=O)/C(=C\c1ccc3c(c1)C(C)(C)c1cc(-c4c(C)cccc4C)ccc1N3c1ccccc1)C2=O. The molecule has 5 aromatic rings. The zero-order valence-electron chi connectivity index (χ0n) is 25.2. The molecule has 0 spiro atoms. The molecule has 0 amide bonds. The summed E-state index contributed by atoms with van der Waals surface area (Å²) in [5.74, 6) is -0.401. The standard InChI is InChI=1S/C39H32BNO2/c1-23-9-8-10-24(2)36(23)26-14-18-35-33(21-26)39(3,4)32-20-25(13-17-34(32)41(35)28-11-6-5-7-12-28)19-31-37(42)29-16-15-27(40)22-30(29)38(31)43/h5-22H,40H2,1-4H3/b31-19-. The Kier molecular flexibility index (Phi) is 6.14. The first-order valence-electron chi connectivity index (χ1n) is 14.8. The molecule has 1 aliphatic carbocycles. The minimum Gasteiger partial charge on any atom is -0.310 e. The predicted molar refractivity (Wildman–Crippen MR) is 179 cm³/mol. The Bertz CT molecular complexity index is 2000. The van der Waals surface area contributed by atoms with Crippen molar-refractivity contribution >= 4 is 48.0 Å². The van der Waals surface area contributed by atoms with Crippen LogP contribution in [0.5, 0.6) is 0 Å². The van der Waals surface area contributed by atoms with E-state index in [-0.39, 0.29) is 22.6 Å². The summed E-state index contributed by atoms with van der Waals surface area (Å²) in [5.41, 5.74) is 13.4. The number of hydrogen-bond donors (Lipinski definition) is 0. The van der Waals surface area contributed by atoms with Crippen LogP contribution in [0.1, 0.15) is 62.4 Å². The molecule has 0 fully saturated rings. The third kappa shape index (κ3) is 4.20. The number of rotatable bonds is 3. The van der Waals surface area contributed by atoms with Gasteiger partial charge in [-0.3, -0.25) is 9.59 Å². The number of benzene rings is 5. The fourth-order valence-electron chi connectivity index (χ4n) is 6.86. The number of Topliss-reactive ketones (excluding diaryl/α,β-unsaturated/α-hetero) is 2. The molecular formula is C39H32BNO2. The Balaban J connectivity index is 1.41. The largest absolute Gasteiger partial charge is 0.310 e. The topological polar surface area (TPSA) is 37.4 Å². The van der Waals surface area contributed by atoms with Crippen LogP contribution in [0.2, 0.25) is 0 Å². The second-order valence-corrected chi connectivity index (χ2v) is 12.3. The number of para-hydroxylation sites is 1. The number of aryl methyl sites for hydroxylation is 2. The number of fused-ring (bicyclic) bond motifs is 3. The molecule has 0 saturated heterocycles. The molecular weight excluding hydrogens is 525 g/mol. The van der Waals surface area contributed by atoms with Crippen molar-refractivity contribution in [1.82, 2.24) is 0 Å². The maximum absolute atomic E-state index is 13.3. The van der Waals surface area contributed by atoms with E-state index in [1.807, 2.05) is 32.1 Å². The summed E-state index contributed by atoms with van der Waals surface area (Å²) >= 11 is 0. The zero-order valence-corrected chi connectivity index (χ0v) is 25.2. The fourth-order valence-corrected chi connectivity index (χ4v) is 6.86. The highest BCUT2D eigenvalue weighted by atomic mass is 16.2. The molecule has 0 unspecified atom stereocenters. The van der Waals surface area contributed by atoms with Crippen LogP contribution in [0, 0.1) is 13.8 Å². The van der Waals surface area contributed by atoms with Gasteiger partial charge in [-0.25, -0.2) is 0 Å². The minimum atomic E-state index is -0.346. The molecule has 7 rings (SSSR count). The smallest absolute Gasteiger partial charge is 0.197 e. The molecule has 0 atom stereocenters. The molecule has 0 radical (unpaired) electrons. The van der Waals surface area contributed by atoms with Gasteiger partial charge in [-0.05, 0) is 95.3 Å². The van der Waals surface area contributed by atoms with Gasteiger partial charge >= 0.3 is 0 Å². The van der Waals surface area contributed by atoms with E-state index in [2.05, 4.69) is 105 Å². The molecule has 2 aliphatic rings. The van der Waals surface area contributed by atoms with Gasteiger partial charge in [0.05, 0.1) is 16.9 Å². The van der Waals surface area contributed by atoms with Gasteiger partial charge in [-0.1, -0.05) is 86.0 Å². The normalized spacial score (nSPS) is 15.8. The zero-order chi connectivity index (χ0) is 30.0. The van der Waals surface area contributed by atoms with E-state index < -0.39 is 0 Å². The quantitative estimate of drug-likeness (QED) is 0.129. The summed E-state index contributed by atoms with van der Waals surface area (Å²) in [6, 6.07) is 35.5. The number of allylic oxidation sites excluding steroid dienone is 1. The summed E-state index contributed by atoms with van der Waals surface area (Å²) in [6.45, 7) is 8.87. The Hall–Kier alpha value is -4.96. The van der Waals surface area contributed by atoms with E-state index in [0.717, 1.165) is 33.7 Å². The van der Waals surface area contributed by atoms with Gasteiger partial charge < -0.3 is 4.90 Å². The summed E-state index contributed by atoms with van der Waals surface area (Å²) in [5, 5.41) is 0.